The van der Waals surface area contributed by atoms with E-state index < -0.39 is 10.0 Å². The molecular weight excluding hydrogens is 284 g/mol. The van der Waals surface area contributed by atoms with Gasteiger partial charge in [0, 0.05) is 6.54 Å². The summed E-state index contributed by atoms with van der Waals surface area (Å²) >= 11 is 0. The van der Waals surface area contributed by atoms with Crippen LogP contribution >= 0.6 is 0 Å². The molecule has 0 bridgehead atoms. The van der Waals surface area contributed by atoms with Crippen molar-refractivity contribution in [1.82, 2.24) is 4.72 Å². The van der Waals surface area contributed by atoms with Gasteiger partial charge in [-0.1, -0.05) is 35.9 Å². The van der Waals surface area contributed by atoms with Crippen molar-refractivity contribution in [3.63, 3.8) is 0 Å². The Bertz CT molecular complexity index is 805. The van der Waals surface area contributed by atoms with Crippen LogP contribution in [0.4, 0.5) is 0 Å². The molecule has 0 aliphatic carbocycles. The molecule has 0 atom stereocenters. The zero-order valence-corrected chi connectivity index (χ0v) is 12.7. The zero-order valence-electron chi connectivity index (χ0n) is 11.9. The fraction of sp³-hybridized carbons (Fsp3) is 0.188. The Morgan fingerprint density at radius 1 is 1.14 bits per heavy atom. The maximum Gasteiger partial charge on any atom is 0.242 e. The second-order valence-electron chi connectivity index (χ2n) is 4.86. The molecule has 2 aromatic carbocycles. The lowest BCUT2D eigenvalue weighted by Crippen LogP contribution is -2.24. The van der Waals surface area contributed by atoms with Crippen LogP contribution in [0.25, 0.3) is 0 Å². The van der Waals surface area contributed by atoms with Gasteiger partial charge in [-0.05, 0) is 37.1 Å². The predicted octanol–water partition coefficient (Wildman–Crippen LogP) is 2.65. The number of hydrogen-bond acceptors (Lipinski definition) is 3. The molecule has 2 aromatic rings. The summed E-state index contributed by atoms with van der Waals surface area (Å²) in [5.74, 6) is 0. The van der Waals surface area contributed by atoms with Crippen LogP contribution < -0.4 is 4.72 Å². The van der Waals surface area contributed by atoms with Gasteiger partial charge in [-0.3, -0.25) is 0 Å². The number of nitrogens with zero attached hydrogens (tertiary/aromatic N) is 1. The van der Waals surface area contributed by atoms with E-state index >= 15 is 0 Å². The van der Waals surface area contributed by atoms with Crippen LogP contribution in [0, 0.1) is 25.2 Å². The summed E-state index contributed by atoms with van der Waals surface area (Å²) in [5, 5.41) is 9.01. The summed E-state index contributed by atoms with van der Waals surface area (Å²) in [7, 11) is -3.70. The first-order valence-corrected chi connectivity index (χ1v) is 7.97. The summed E-state index contributed by atoms with van der Waals surface area (Å²) in [6, 6.07) is 14.0. The van der Waals surface area contributed by atoms with Crippen molar-refractivity contribution < 1.29 is 8.42 Å². The Kier molecular flexibility index (Phi) is 4.41. The van der Waals surface area contributed by atoms with Crippen molar-refractivity contribution in [3.8, 4) is 6.07 Å². The van der Waals surface area contributed by atoms with E-state index in [2.05, 4.69) is 4.72 Å². The molecule has 108 valence electrons. The van der Waals surface area contributed by atoms with Gasteiger partial charge in [-0.15, -0.1) is 0 Å². The van der Waals surface area contributed by atoms with Crippen LogP contribution in [-0.4, -0.2) is 8.42 Å². The highest BCUT2D eigenvalue weighted by atomic mass is 32.2. The first-order chi connectivity index (χ1) is 9.94. The highest BCUT2D eigenvalue weighted by Gasteiger charge is 2.18. The second kappa shape index (κ2) is 6.08. The molecule has 0 amide bonds. The lowest BCUT2D eigenvalue weighted by atomic mass is 10.1. The summed E-state index contributed by atoms with van der Waals surface area (Å²) < 4.78 is 27.2. The Morgan fingerprint density at radius 2 is 1.86 bits per heavy atom. The Hall–Kier alpha value is -2.16. The number of nitriles is 1. The SMILES string of the molecule is Cc1ccc(C)c(CNS(=O)(=O)c2ccccc2C#N)c1. The van der Waals surface area contributed by atoms with Gasteiger partial charge in [0.2, 0.25) is 10.0 Å². The van der Waals surface area contributed by atoms with Gasteiger partial charge in [0.15, 0.2) is 0 Å². The van der Waals surface area contributed by atoms with Gasteiger partial charge in [-0.25, -0.2) is 13.1 Å². The molecule has 4 nitrogen and oxygen atoms in total. The number of nitrogens with one attached hydrogen (secondary N) is 1. The van der Waals surface area contributed by atoms with Crippen molar-refractivity contribution in [2.75, 3.05) is 0 Å². The van der Waals surface area contributed by atoms with Gasteiger partial charge in [-0.2, -0.15) is 5.26 Å². The second-order valence-corrected chi connectivity index (χ2v) is 6.60. The number of aryl methyl sites for hydroxylation is 2. The van der Waals surface area contributed by atoms with Gasteiger partial charge in [0.25, 0.3) is 0 Å². The Labute approximate surface area is 125 Å². The lowest BCUT2D eigenvalue weighted by Gasteiger charge is -2.10. The quantitative estimate of drug-likeness (QED) is 0.943. The summed E-state index contributed by atoms with van der Waals surface area (Å²) in [6.45, 7) is 4.10. The van der Waals surface area contributed by atoms with E-state index in [1.807, 2.05) is 38.1 Å². The van der Waals surface area contributed by atoms with Crippen molar-refractivity contribution in [1.29, 1.82) is 5.26 Å². The average molecular weight is 300 g/mol. The molecule has 0 aliphatic rings. The highest BCUT2D eigenvalue weighted by Crippen LogP contribution is 2.16. The number of sulfonamides is 1. The normalized spacial score (nSPS) is 11.1. The van der Waals surface area contributed by atoms with E-state index in [0.29, 0.717) is 0 Å². The van der Waals surface area contributed by atoms with Crippen molar-refractivity contribution in [2.45, 2.75) is 25.3 Å². The van der Waals surface area contributed by atoms with E-state index in [-0.39, 0.29) is 17.0 Å². The molecule has 0 fully saturated rings. The third kappa shape index (κ3) is 3.48. The summed E-state index contributed by atoms with van der Waals surface area (Å²) in [5.41, 5.74) is 3.17. The van der Waals surface area contributed by atoms with Crippen LogP contribution in [0.1, 0.15) is 22.3 Å². The van der Waals surface area contributed by atoms with Gasteiger partial charge in [0.05, 0.1) is 10.5 Å². The Balaban J connectivity index is 2.27. The minimum Gasteiger partial charge on any atom is -0.207 e. The van der Waals surface area contributed by atoms with Crippen molar-refractivity contribution >= 4 is 10.0 Å². The van der Waals surface area contributed by atoms with Crippen LogP contribution in [0.15, 0.2) is 47.4 Å². The van der Waals surface area contributed by atoms with E-state index in [0.717, 1.165) is 16.7 Å². The molecule has 0 aliphatic heterocycles. The van der Waals surface area contributed by atoms with Gasteiger partial charge in [0.1, 0.15) is 6.07 Å². The van der Waals surface area contributed by atoms with E-state index in [1.165, 1.54) is 12.1 Å². The molecule has 5 heteroatoms. The molecule has 0 spiro atoms. The van der Waals surface area contributed by atoms with E-state index in [1.54, 1.807) is 12.1 Å². The summed E-state index contributed by atoms with van der Waals surface area (Å²) in [4.78, 5) is 0.0119. The third-order valence-corrected chi connectivity index (χ3v) is 4.71. The maximum absolute atomic E-state index is 12.3. The first kappa shape index (κ1) is 15.2. The molecule has 2 rings (SSSR count). The lowest BCUT2D eigenvalue weighted by molar-refractivity contribution is 0.581. The minimum absolute atomic E-state index is 0.0119. The standard InChI is InChI=1S/C16H16N2O2S/c1-12-7-8-13(2)15(9-12)11-18-21(19,20)16-6-4-3-5-14(16)10-17/h3-9,18H,11H2,1-2H3. The van der Waals surface area contributed by atoms with Gasteiger partial charge >= 0.3 is 0 Å². The fourth-order valence-corrected chi connectivity index (χ4v) is 3.20. The monoisotopic (exact) mass is 300 g/mol. The fourth-order valence-electron chi connectivity index (χ4n) is 2.03. The molecule has 0 saturated carbocycles. The number of benzene rings is 2. The molecule has 0 radical (unpaired) electrons. The smallest absolute Gasteiger partial charge is 0.207 e. The van der Waals surface area contributed by atoms with Crippen molar-refractivity contribution in [2.24, 2.45) is 0 Å². The van der Waals surface area contributed by atoms with Crippen LogP contribution in [0.3, 0.4) is 0 Å². The Morgan fingerprint density at radius 3 is 2.57 bits per heavy atom. The first-order valence-electron chi connectivity index (χ1n) is 6.49. The molecule has 0 aromatic heterocycles. The topological polar surface area (TPSA) is 70.0 Å². The largest absolute Gasteiger partial charge is 0.242 e. The third-order valence-electron chi connectivity index (χ3n) is 3.25. The molecular formula is C16H16N2O2S. The molecule has 0 heterocycles. The minimum atomic E-state index is -3.70. The molecule has 0 unspecified atom stereocenters. The van der Waals surface area contributed by atoms with Crippen LogP contribution in [0.2, 0.25) is 0 Å². The zero-order chi connectivity index (χ0) is 15.5. The highest BCUT2D eigenvalue weighted by molar-refractivity contribution is 7.89. The summed E-state index contributed by atoms with van der Waals surface area (Å²) in [6.07, 6.45) is 0. The predicted molar refractivity (Wildman–Crippen MR) is 81.1 cm³/mol. The number of hydrogen-bond donors (Lipinski definition) is 1. The molecule has 21 heavy (non-hydrogen) atoms. The van der Waals surface area contributed by atoms with Crippen LogP contribution in [0.5, 0.6) is 0 Å². The average Bonchev–Trinajstić information content (AvgIpc) is 2.48. The van der Waals surface area contributed by atoms with Crippen molar-refractivity contribution in [3.05, 3.63) is 64.7 Å². The maximum atomic E-state index is 12.3. The van der Waals surface area contributed by atoms with E-state index in [4.69, 9.17) is 5.26 Å². The molecule has 0 saturated heterocycles. The van der Waals surface area contributed by atoms with Gasteiger partial charge < -0.3 is 0 Å². The van der Waals surface area contributed by atoms with E-state index in [9.17, 15) is 8.42 Å². The molecule has 1 N–H and O–H groups in total. The number of rotatable bonds is 4. The van der Waals surface area contributed by atoms with Crippen LogP contribution in [-0.2, 0) is 16.6 Å².